The number of rotatable bonds is 32. The molecule has 5 amide bonds. The van der Waals surface area contributed by atoms with Crippen molar-refractivity contribution in [3.63, 3.8) is 0 Å². The number of carbonyl (C=O) groups is 6. The molecule has 4 aliphatic carbocycles. The van der Waals surface area contributed by atoms with E-state index >= 15 is 0 Å². The summed E-state index contributed by atoms with van der Waals surface area (Å²) >= 11 is 0. The Balaban J connectivity index is 1.33. The number of carboxylic acid groups (broad SMARTS) is 1. The summed E-state index contributed by atoms with van der Waals surface area (Å²) in [6.45, 7) is 0.303. The van der Waals surface area contributed by atoms with E-state index in [0.29, 0.717) is 43.9 Å². The number of amides is 5. The van der Waals surface area contributed by atoms with Gasteiger partial charge in [-0.25, -0.2) is 0 Å². The van der Waals surface area contributed by atoms with Crippen molar-refractivity contribution >= 4 is 35.5 Å². The topological polar surface area (TPSA) is 251 Å². The minimum atomic E-state index is -1.41. The molecule has 0 aromatic heterocycles. The molecule has 0 spiro atoms. The second kappa shape index (κ2) is 34.0. The van der Waals surface area contributed by atoms with Crippen molar-refractivity contribution in [2.24, 2.45) is 0 Å². The molecule has 4 fully saturated rings. The van der Waals surface area contributed by atoms with Crippen LogP contribution in [0.1, 0.15) is 193 Å². The summed E-state index contributed by atoms with van der Waals surface area (Å²) in [7, 11) is 0. The van der Waals surface area contributed by atoms with Gasteiger partial charge in [-0.1, -0.05) is 96.3 Å². The lowest BCUT2D eigenvalue weighted by Gasteiger charge is -2.29. The van der Waals surface area contributed by atoms with Gasteiger partial charge in [-0.3, -0.25) is 28.8 Å². The first-order valence-electron chi connectivity index (χ1n) is 26.9. The van der Waals surface area contributed by atoms with E-state index in [2.05, 4.69) is 47.9 Å². The maximum absolute atomic E-state index is 14.2. The highest BCUT2D eigenvalue weighted by Crippen LogP contribution is 2.22. The first kappa shape index (κ1) is 56.2. The summed E-state index contributed by atoms with van der Waals surface area (Å²) in [6.07, 6.45) is 31.6. The molecule has 11 N–H and O–H groups in total. The number of hydrogen-bond acceptors (Lipinski definition) is 11. The summed E-state index contributed by atoms with van der Waals surface area (Å²) < 4.78 is 0. The van der Waals surface area contributed by atoms with Crippen LogP contribution >= 0.6 is 0 Å². The largest absolute Gasteiger partial charge is 0.480 e. The van der Waals surface area contributed by atoms with Crippen LogP contribution in [0, 0.1) is 0 Å². The smallest absolute Gasteiger partial charge is 0.322 e. The molecule has 4 unspecified atom stereocenters. The summed E-state index contributed by atoms with van der Waals surface area (Å²) in [4.78, 5) is 77.8. The van der Waals surface area contributed by atoms with E-state index in [9.17, 15) is 33.9 Å². The molecule has 384 valence electrons. The second-order valence-corrected chi connectivity index (χ2v) is 20.0. The van der Waals surface area contributed by atoms with Crippen LogP contribution in [-0.4, -0.2) is 133 Å². The lowest BCUT2D eigenvalue weighted by Crippen LogP contribution is -2.56. The van der Waals surface area contributed by atoms with Crippen LogP contribution in [0.4, 0.5) is 0 Å². The predicted octanol–water partition coefficient (Wildman–Crippen LogP) is 3.71. The number of nitrogens with one attached hydrogen (secondary N) is 9. The second-order valence-electron chi connectivity index (χ2n) is 20.0. The Morgan fingerprint density at radius 2 is 0.791 bits per heavy atom. The van der Waals surface area contributed by atoms with Crippen molar-refractivity contribution in [2.75, 3.05) is 39.3 Å². The van der Waals surface area contributed by atoms with Gasteiger partial charge in [0.15, 0.2) is 0 Å². The first-order chi connectivity index (χ1) is 32.6. The number of aliphatic hydroxyl groups is 1. The van der Waals surface area contributed by atoms with Gasteiger partial charge in [0, 0.05) is 30.7 Å². The molecular formula is C50H91N9O8. The SMILES string of the molecule is O=C(O)CNC(=O)C(CO)NC(=O)CNC(=O)C(CCCCNC(=O)C(CCCCNC1CCCCC1)NC1CCCCCC1)NC(=O)C(CCCCNC1CCCCC1)NC1CCCCC1. The van der Waals surface area contributed by atoms with E-state index in [1.165, 1.54) is 96.3 Å². The fourth-order valence-corrected chi connectivity index (χ4v) is 10.4. The van der Waals surface area contributed by atoms with Gasteiger partial charge in [-0.05, 0) is 109 Å². The number of hydrogen-bond donors (Lipinski definition) is 11. The van der Waals surface area contributed by atoms with Gasteiger partial charge in [0.05, 0.1) is 25.2 Å². The zero-order chi connectivity index (χ0) is 47.9. The van der Waals surface area contributed by atoms with Gasteiger partial charge >= 0.3 is 5.97 Å². The van der Waals surface area contributed by atoms with Crippen molar-refractivity contribution in [1.29, 1.82) is 0 Å². The molecule has 17 heteroatoms. The fourth-order valence-electron chi connectivity index (χ4n) is 10.4. The molecule has 67 heavy (non-hydrogen) atoms. The molecule has 0 radical (unpaired) electrons. The van der Waals surface area contributed by atoms with Gasteiger partial charge in [0.2, 0.25) is 29.5 Å². The van der Waals surface area contributed by atoms with E-state index in [1.807, 2.05) is 0 Å². The van der Waals surface area contributed by atoms with Gasteiger partial charge in [-0.2, -0.15) is 0 Å². The lowest BCUT2D eigenvalue weighted by atomic mass is 9.94. The Bertz CT molecular complexity index is 1430. The Hall–Kier alpha value is -3.38. The first-order valence-corrected chi connectivity index (χ1v) is 26.9. The van der Waals surface area contributed by atoms with Crippen LogP contribution in [0.3, 0.4) is 0 Å². The third kappa shape index (κ3) is 24.1. The van der Waals surface area contributed by atoms with E-state index < -0.39 is 61.5 Å². The Morgan fingerprint density at radius 3 is 1.27 bits per heavy atom. The van der Waals surface area contributed by atoms with Crippen LogP contribution in [0.25, 0.3) is 0 Å². The van der Waals surface area contributed by atoms with Crippen molar-refractivity contribution in [3.8, 4) is 0 Å². The van der Waals surface area contributed by atoms with Crippen LogP contribution in [0.5, 0.6) is 0 Å². The molecule has 4 rings (SSSR count). The van der Waals surface area contributed by atoms with Crippen molar-refractivity contribution in [3.05, 3.63) is 0 Å². The monoisotopic (exact) mass is 946 g/mol. The number of aliphatic hydroxyl groups excluding tert-OH is 1. The number of unbranched alkanes of at least 4 members (excludes halogenated alkanes) is 3. The van der Waals surface area contributed by atoms with Gasteiger partial charge in [-0.15, -0.1) is 0 Å². The van der Waals surface area contributed by atoms with Crippen molar-refractivity contribution < 1.29 is 39.0 Å². The highest BCUT2D eigenvalue weighted by atomic mass is 16.4. The minimum absolute atomic E-state index is 0.00138. The van der Waals surface area contributed by atoms with E-state index in [-0.39, 0.29) is 30.3 Å². The molecule has 0 saturated heterocycles. The lowest BCUT2D eigenvalue weighted by molar-refractivity contribution is -0.138. The van der Waals surface area contributed by atoms with Crippen LogP contribution < -0.4 is 47.9 Å². The average molecular weight is 946 g/mol. The van der Waals surface area contributed by atoms with E-state index in [1.54, 1.807) is 0 Å². The number of carboxylic acids is 1. The molecule has 4 saturated carbocycles. The zero-order valence-electron chi connectivity index (χ0n) is 40.9. The molecule has 17 nitrogen and oxygen atoms in total. The molecular weight excluding hydrogens is 855 g/mol. The molecule has 0 aromatic rings. The molecule has 0 heterocycles. The highest BCUT2D eigenvalue weighted by Gasteiger charge is 2.29. The summed E-state index contributed by atoms with van der Waals surface area (Å²) in [5, 5.41) is 46.6. The molecule has 4 atom stereocenters. The third-order valence-corrected chi connectivity index (χ3v) is 14.4. The number of aliphatic carboxylic acids is 1. The summed E-state index contributed by atoms with van der Waals surface area (Å²) in [5.74, 6) is -3.76. The minimum Gasteiger partial charge on any atom is -0.480 e. The summed E-state index contributed by atoms with van der Waals surface area (Å²) in [6, 6.07) is -1.41. The van der Waals surface area contributed by atoms with Gasteiger partial charge < -0.3 is 58.1 Å². The van der Waals surface area contributed by atoms with Crippen LogP contribution in [-0.2, 0) is 28.8 Å². The third-order valence-electron chi connectivity index (χ3n) is 14.4. The number of carbonyl (C=O) groups excluding carboxylic acids is 5. The zero-order valence-corrected chi connectivity index (χ0v) is 40.9. The predicted molar refractivity (Wildman–Crippen MR) is 261 cm³/mol. The fraction of sp³-hybridized carbons (Fsp3) is 0.880. The molecule has 0 aliphatic heterocycles. The van der Waals surface area contributed by atoms with E-state index in [0.717, 1.165) is 83.7 Å². The molecule has 0 bridgehead atoms. The molecule has 4 aliphatic rings. The maximum Gasteiger partial charge on any atom is 0.322 e. The van der Waals surface area contributed by atoms with Crippen LogP contribution in [0.2, 0.25) is 0 Å². The van der Waals surface area contributed by atoms with Gasteiger partial charge in [0.1, 0.15) is 18.6 Å². The average Bonchev–Trinajstić information content (AvgIpc) is 3.62. The van der Waals surface area contributed by atoms with Gasteiger partial charge in [0.25, 0.3) is 0 Å². The normalized spacial score (nSPS) is 19.8. The molecule has 0 aromatic carbocycles. The Morgan fingerprint density at radius 1 is 0.403 bits per heavy atom. The summed E-state index contributed by atoms with van der Waals surface area (Å²) in [5.41, 5.74) is 0. The maximum atomic E-state index is 14.2. The Labute approximate surface area is 401 Å². The quantitative estimate of drug-likeness (QED) is 0.0341. The standard InChI is InChI=1S/C50H91N9O8/c60-36-44(49(66)55-35-46(62)63)58-45(61)34-54-48(65)42(59-50(67)43(57-40-26-12-5-13-27-40)30-15-18-32-52-38-22-10-4-11-23-38)29-16-19-33-53-47(64)41(56-39-24-6-1-2-7-25-39)28-14-17-31-51-37-20-8-3-9-21-37/h37-44,51-52,56-57,60H,1-36H2,(H,53,64)(H,54,65)(H,55,66)(H,58,61)(H,59,67)(H,62,63). The Kier molecular flexibility index (Phi) is 28.5. The van der Waals surface area contributed by atoms with Crippen molar-refractivity contribution in [1.82, 2.24) is 47.9 Å². The van der Waals surface area contributed by atoms with Crippen LogP contribution in [0.15, 0.2) is 0 Å². The van der Waals surface area contributed by atoms with E-state index in [4.69, 9.17) is 5.11 Å². The highest BCUT2D eigenvalue weighted by molar-refractivity contribution is 5.93. The van der Waals surface area contributed by atoms with Crippen molar-refractivity contribution in [2.45, 2.75) is 241 Å².